The summed E-state index contributed by atoms with van der Waals surface area (Å²) in [5.74, 6) is -0.201. The van der Waals surface area contributed by atoms with E-state index in [1.165, 1.54) is 0 Å². The van der Waals surface area contributed by atoms with Crippen molar-refractivity contribution >= 4 is 5.91 Å². The highest BCUT2D eigenvalue weighted by Gasteiger charge is 2.04. The van der Waals surface area contributed by atoms with Crippen LogP contribution in [0.1, 0.15) is 18.9 Å². The number of rotatable bonds is 7. The molecule has 1 atom stereocenters. The molecule has 0 bridgehead atoms. The summed E-state index contributed by atoms with van der Waals surface area (Å²) in [6.45, 7) is 2.59. The predicted molar refractivity (Wildman–Crippen MR) is 65.4 cm³/mol. The Morgan fingerprint density at radius 1 is 1.41 bits per heavy atom. The van der Waals surface area contributed by atoms with E-state index in [4.69, 9.17) is 4.74 Å². The molecule has 0 radical (unpaired) electrons. The van der Waals surface area contributed by atoms with Crippen LogP contribution in [0.5, 0.6) is 0 Å². The number of aliphatic hydroxyl groups is 1. The summed E-state index contributed by atoms with van der Waals surface area (Å²) >= 11 is 0. The van der Waals surface area contributed by atoms with Gasteiger partial charge in [0.15, 0.2) is 0 Å². The van der Waals surface area contributed by atoms with Crippen molar-refractivity contribution < 1.29 is 14.6 Å². The first kappa shape index (κ1) is 13.7. The summed E-state index contributed by atoms with van der Waals surface area (Å²) in [5, 5.41) is 11.9. The number of benzene rings is 1. The normalized spacial score (nSPS) is 12.1. The van der Waals surface area contributed by atoms with Gasteiger partial charge < -0.3 is 15.2 Å². The third-order valence-corrected chi connectivity index (χ3v) is 2.35. The molecule has 1 rings (SSSR count). The molecule has 0 saturated heterocycles. The Hall–Kier alpha value is -1.39. The van der Waals surface area contributed by atoms with E-state index < -0.39 is 6.10 Å². The van der Waals surface area contributed by atoms with Crippen LogP contribution in [0.4, 0.5) is 0 Å². The number of hydrogen-bond acceptors (Lipinski definition) is 3. The van der Waals surface area contributed by atoms with E-state index in [1.807, 2.05) is 37.3 Å². The molecule has 0 aliphatic rings. The van der Waals surface area contributed by atoms with Crippen molar-refractivity contribution in [2.45, 2.75) is 26.1 Å². The van der Waals surface area contributed by atoms with Gasteiger partial charge in [-0.3, -0.25) is 4.79 Å². The van der Waals surface area contributed by atoms with Gasteiger partial charge in [-0.1, -0.05) is 37.3 Å². The highest BCUT2D eigenvalue weighted by atomic mass is 16.5. The molecule has 0 aliphatic carbocycles. The Bertz CT molecular complexity index is 327. The van der Waals surface area contributed by atoms with Crippen molar-refractivity contribution in [3.63, 3.8) is 0 Å². The molecule has 0 spiro atoms. The summed E-state index contributed by atoms with van der Waals surface area (Å²) in [6, 6.07) is 9.67. The van der Waals surface area contributed by atoms with Gasteiger partial charge in [-0.05, 0) is 12.0 Å². The van der Waals surface area contributed by atoms with Crippen molar-refractivity contribution in [1.82, 2.24) is 5.32 Å². The lowest BCUT2D eigenvalue weighted by molar-refractivity contribution is -0.126. The fraction of sp³-hybridized carbons (Fsp3) is 0.462. The van der Waals surface area contributed by atoms with E-state index in [1.54, 1.807) is 0 Å². The second-order valence-electron chi connectivity index (χ2n) is 3.84. The minimum atomic E-state index is -0.479. The molecular formula is C13H19NO3. The Balaban J connectivity index is 2.12. The molecule has 1 amide bonds. The number of aliphatic hydroxyl groups excluding tert-OH is 1. The van der Waals surface area contributed by atoms with Gasteiger partial charge in [0.25, 0.3) is 0 Å². The first-order valence-corrected chi connectivity index (χ1v) is 5.78. The number of ether oxygens (including phenoxy) is 1. The number of amides is 1. The Labute approximate surface area is 102 Å². The van der Waals surface area contributed by atoms with Gasteiger partial charge >= 0.3 is 0 Å². The highest BCUT2D eigenvalue weighted by Crippen LogP contribution is 1.99. The van der Waals surface area contributed by atoms with Gasteiger partial charge in [-0.2, -0.15) is 0 Å². The molecule has 0 fully saturated rings. The number of nitrogens with one attached hydrogen (secondary N) is 1. The van der Waals surface area contributed by atoms with Gasteiger partial charge in [0.1, 0.15) is 6.61 Å². The lowest BCUT2D eigenvalue weighted by Crippen LogP contribution is -2.34. The lowest BCUT2D eigenvalue weighted by Gasteiger charge is -2.09. The smallest absolute Gasteiger partial charge is 0.246 e. The highest BCUT2D eigenvalue weighted by molar-refractivity contribution is 5.77. The summed E-state index contributed by atoms with van der Waals surface area (Å²) in [5.41, 5.74) is 1.04. The average Bonchev–Trinajstić information content (AvgIpc) is 2.37. The summed E-state index contributed by atoms with van der Waals surface area (Å²) in [7, 11) is 0. The minimum absolute atomic E-state index is 0.0192. The van der Waals surface area contributed by atoms with E-state index in [-0.39, 0.29) is 19.1 Å². The molecule has 94 valence electrons. The van der Waals surface area contributed by atoms with Crippen molar-refractivity contribution in [2.24, 2.45) is 0 Å². The van der Waals surface area contributed by atoms with Crippen LogP contribution in [0.3, 0.4) is 0 Å². The zero-order valence-electron chi connectivity index (χ0n) is 10.1. The van der Waals surface area contributed by atoms with Gasteiger partial charge in [-0.15, -0.1) is 0 Å². The van der Waals surface area contributed by atoms with E-state index >= 15 is 0 Å². The number of carbonyl (C=O) groups excluding carboxylic acids is 1. The Morgan fingerprint density at radius 3 is 2.76 bits per heavy atom. The summed E-state index contributed by atoms with van der Waals surface area (Å²) < 4.78 is 5.25. The minimum Gasteiger partial charge on any atom is -0.391 e. The third kappa shape index (κ3) is 6.04. The summed E-state index contributed by atoms with van der Waals surface area (Å²) in [4.78, 5) is 11.3. The zero-order valence-corrected chi connectivity index (χ0v) is 10.1. The third-order valence-electron chi connectivity index (χ3n) is 2.35. The molecule has 0 saturated carbocycles. The maximum atomic E-state index is 11.3. The van der Waals surface area contributed by atoms with Crippen LogP contribution in [0.15, 0.2) is 30.3 Å². The molecule has 1 aromatic carbocycles. The van der Waals surface area contributed by atoms with Gasteiger partial charge in [0.2, 0.25) is 5.91 Å². The fourth-order valence-electron chi connectivity index (χ4n) is 1.26. The molecular weight excluding hydrogens is 218 g/mol. The van der Waals surface area contributed by atoms with Crippen LogP contribution >= 0.6 is 0 Å². The van der Waals surface area contributed by atoms with Crippen LogP contribution in [0, 0.1) is 0 Å². The predicted octanol–water partition coefficient (Wildman–Crippen LogP) is 1.09. The largest absolute Gasteiger partial charge is 0.391 e. The van der Waals surface area contributed by atoms with Crippen LogP contribution in [0.2, 0.25) is 0 Å². The first-order chi connectivity index (χ1) is 8.22. The van der Waals surface area contributed by atoms with Crippen LogP contribution < -0.4 is 5.32 Å². The van der Waals surface area contributed by atoms with E-state index in [9.17, 15) is 9.90 Å². The molecule has 0 aromatic heterocycles. The monoisotopic (exact) mass is 237 g/mol. The molecule has 0 heterocycles. The molecule has 1 unspecified atom stereocenters. The van der Waals surface area contributed by atoms with Crippen molar-refractivity contribution in [3.8, 4) is 0 Å². The van der Waals surface area contributed by atoms with Gasteiger partial charge in [0.05, 0.1) is 12.7 Å². The van der Waals surface area contributed by atoms with Crippen LogP contribution in [-0.2, 0) is 16.1 Å². The topological polar surface area (TPSA) is 58.6 Å². The Kier molecular flexibility index (Phi) is 6.29. The van der Waals surface area contributed by atoms with Crippen LogP contribution in [-0.4, -0.2) is 30.3 Å². The Morgan fingerprint density at radius 2 is 2.12 bits per heavy atom. The molecule has 4 heteroatoms. The second-order valence-corrected chi connectivity index (χ2v) is 3.84. The SMILES string of the molecule is CCC(O)CNC(=O)COCc1ccccc1. The summed E-state index contributed by atoms with van der Waals surface area (Å²) in [6.07, 6.45) is 0.151. The molecule has 2 N–H and O–H groups in total. The van der Waals surface area contributed by atoms with Crippen molar-refractivity contribution in [3.05, 3.63) is 35.9 Å². The quantitative estimate of drug-likeness (QED) is 0.746. The van der Waals surface area contributed by atoms with E-state index in [0.717, 1.165) is 5.56 Å². The maximum Gasteiger partial charge on any atom is 0.246 e. The fourth-order valence-corrected chi connectivity index (χ4v) is 1.26. The average molecular weight is 237 g/mol. The first-order valence-electron chi connectivity index (χ1n) is 5.78. The zero-order chi connectivity index (χ0) is 12.5. The maximum absolute atomic E-state index is 11.3. The second kappa shape index (κ2) is 7.81. The van der Waals surface area contributed by atoms with Crippen LogP contribution in [0.25, 0.3) is 0 Å². The van der Waals surface area contributed by atoms with Gasteiger partial charge in [-0.25, -0.2) is 0 Å². The van der Waals surface area contributed by atoms with Gasteiger partial charge in [0, 0.05) is 6.54 Å². The lowest BCUT2D eigenvalue weighted by atomic mass is 10.2. The van der Waals surface area contributed by atoms with E-state index in [0.29, 0.717) is 13.0 Å². The standard InChI is InChI=1S/C13H19NO3/c1-2-12(15)8-14-13(16)10-17-9-11-6-4-3-5-7-11/h3-7,12,15H,2,8-10H2,1H3,(H,14,16). The molecule has 4 nitrogen and oxygen atoms in total. The molecule has 0 aliphatic heterocycles. The van der Waals surface area contributed by atoms with E-state index in [2.05, 4.69) is 5.32 Å². The number of carbonyl (C=O) groups is 1. The molecule has 1 aromatic rings. The molecule has 17 heavy (non-hydrogen) atoms. The van der Waals surface area contributed by atoms with Crippen molar-refractivity contribution in [1.29, 1.82) is 0 Å². The number of hydrogen-bond donors (Lipinski definition) is 2. The van der Waals surface area contributed by atoms with Crippen molar-refractivity contribution in [2.75, 3.05) is 13.2 Å².